The smallest absolute Gasteiger partial charge is 0.247 e. The van der Waals surface area contributed by atoms with Gasteiger partial charge in [0.05, 0.1) is 10.7 Å². The van der Waals surface area contributed by atoms with Crippen molar-refractivity contribution in [2.45, 2.75) is 25.9 Å². The average molecular weight is 392 g/mol. The molecule has 3 heterocycles. The number of carbonyl (C=O) groups excluding carboxylic acids is 1. The number of carbonyl (C=O) groups is 1. The molecule has 2 aromatic rings. The van der Waals surface area contributed by atoms with E-state index in [1.54, 1.807) is 17.1 Å². The van der Waals surface area contributed by atoms with Gasteiger partial charge in [-0.15, -0.1) is 0 Å². The number of rotatable bonds is 5. The topological polar surface area (TPSA) is 54.3 Å². The lowest BCUT2D eigenvalue weighted by Gasteiger charge is -2.36. The summed E-state index contributed by atoms with van der Waals surface area (Å²) in [5.74, 6) is 0.161. The minimum Gasteiger partial charge on any atom is -0.338 e. The van der Waals surface area contributed by atoms with Gasteiger partial charge in [-0.3, -0.25) is 19.4 Å². The number of amides is 1. The molecule has 2 aromatic heterocycles. The number of hydrogen-bond acceptors (Lipinski definition) is 4. The van der Waals surface area contributed by atoms with E-state index >= 15 is 0 Å². The van der Waals surface area contributed by atoms with E-state index in [1.165, 1.54) is 5.56 Å². The van der Waals surface area contributed by atoms with Gasteiger partial charge in [0.15, 0.2) is 0 Å². The van der Waals surface area contributed by atoms with Crippen molar-refractivity contribution in [1.29, 1.82) is 0 Å². The Morgan fingerprint density at radius 3 is 2.67 bits per heavy atom. The van der Waals surface area contributed by atoms with Crippen molar-refractivity contribution in [2.75, 3.05) is 26.2 Å². The van der Waals surface area contributed by atoms with Crippen LogP contribution in [0.5, 0.6) is 0 Å². The van der Waals surface area contributed by atoms with Crippen LogP contribution in [0.25, 0.3) is 0 Å². The van der Waals surface area contributed by atoms with Crippen molar-refractivity contribution in [3.8, 4) is 0 Å². The molecule has 0 aromatic carbocycles. The van der Waals surface area contributed by atoms with E-state index in [0.29, 0.717) is 0 Å². The minimum atomic E-state index is -0.221. The molecule has 0 spiro atoms. The second-order valence-electron chi connectivity index (χ2n) is 6.03. The lowest BCUT2D eigenvalue weighted by molar-refractivity contribution is -0.137. The fraction of sp³-hybridized carbons (Fsp3) is 0.471. The molecule has 0 bridgehead atoms. The van der Waals surface area contributed by atoms with Gasteiger partial charge in [-0.25, -0.2) is 0 Å². The second kappa shape index (κ2) is 7.90. The molecule has 24 heavy (non-hydrogen) atoms. The van der Waals surface area contributed by atoms with E-state index < -0.39 is 0 Å². The highest BCUT2D eigenvalue weighted by molar-refractivity contribution is 9.10. The summed E-state index contributed by atoms with van der Waals surface area (Å²) in [6.45, 7) is 6.21. The number of pyridine rings is 1. The van der Waals surface area contributed by atoms with Crippen LogP contribution in [0.2, 0.25) is 0 Å². The first-order valence-electron chi connectivity index (χ1n) is 8.27. The van der Waals surface area contributed by atoms with Gasteiger partial charge in [-0.1, -0.05) is 13.0 Å². The Hall–Kier alpha value is -1.73. The quantitative estimate of drug-likeness (QED) is 0.784. The summed E-state index contributed by atoms with van der Waals surface area (Å²) in [7, 11) is 0. The highest BCUT2D eigenvalue weighted by Gasteiger charge is 2.28. The molecule has 1 saturated heterocycles. The molecule has 6 nitrogen and oxygen atoms in total. The Balaban J connectivity index is 1.56. The number of halogens is 1. The number of nitrogens with zero attached hydrogens (tertiary/aromatic N) is 5. The summed E-state index contributed by atoms with van der Waals surface area (Å²) < 4.78 is 2.66. The molecule has 1 fully saturated rings. The first-order valence-corrected chi connectivity index (χ1v) is 9.06. The summed E-state index contributed by atoms with van der Waals surface area (Å²) in [5, 5.41) is 4.28. The molecule has 1 atom stereocenters. The van der Waals surface area contributed by atoms with Gasteiger partial charge in [0.25, 0.3) is 0 Å². The standard InChI is InChI=1S/C17H22BrN5O/c1-2-16(23-13-15(18)11-20-23)17(24)22-8-6-21(7-9-22)12-14-4-3-5-19-10-14/h3-5,10-11,13,16H,2,6-9,12H2,1H3. The van der Waals surface area contributed by atoms with Crippen molar-refractivity contribution in [2.24, 2.45) is 0 Å². The molecule has 128 valence electrons. The molecule has 7 heteroatoms. The SMILES string of the molecule is CCC(C(=O)N1CCN(Cc2cccnc2)CC1)n1cc(Br)cn1. The van der Waals surface area contributed by atoms with Gasteiger partial charge >= 0.3 is 0 Å². The van der Waals surface area contributed by atoms with Gasteiger partial charge in [0, 0.05) is 51.3 Å². The molecule has 0 radical (unpaired) electrons. The fourth-order valence-electron chi connectivity index (χ4n) is 3.05. The first kappa shape index (κ1) is 17.1. The molecule has 1 amide bonds. The van der Waals surface area contributed by atoms with Crippen LogP contribution < -0.4 is 0 Å². The van der Waals surface area contributed by atoms with Crippen LogP contribution in [-0.2, 0) is 11.3 Å². The molecular formula is C17H22BrN5O. The largest absolute Gasteiger partial charge is 0.338 e. The van der Waals surface area contributed by atoms with Crippen LogP contribution in [-0.4, -0.2) is 56.7 Å². The summed E-state index contributed by atoms with van der Waals surface area (Å²) in [6.07, 6.45) is 8.02. The molecule has 0 saturated carbocycles. The van der Waals surface area contributed by atoms with Crippen molar-refractivity contribution in [3.63, 3.8) is 0 Å². The second-order valence-corrected chi connectivity index (χ2v) is 6.94. The Morgan fingerprint density at radius 1 is 1.29 bits per heavy atom. The summed E-state index contributed by atoms with van der Waals surface area (Å²) in [4.78, 5) is 21.3. The van der Waals surface area contributed by atoms with Crippen LogP contribution in [0.3, 0.4) is 0 Å². The zero-order valence-electron chi connectivity index (χ0n) is 13.8. The van der Waals surface area contributed by atoms with E-state index in [2.05, 4.69) is 37.0 Å². The van der Waals surface area contributed by atoms with Gasteiger partial charge < -0.3 is 4.90 Å². The maximum atomic E-state index is 12.8. The molecular weight excluding hydrogens is 370 g/mol. The Kier molecular flexibility index (Phi) is 5.63. The Labute approximate surface area is 150 Å². The van der Waals surface area contributed by atoms with Gasteiger partial charge in [0.2, 0.25) is 5.91 Å². The van der Waals surface area contributed by atoms with E-state index in [0.717, 1.165) is 43.6 Å². The monoisotopic (exact) mass is 391 g/mol. The molecule has 1 aliphatic rings. The third-order valence-electron chi connectivity index (χ3n) is 4.37. The van der Waals surface area contributed by atoms with Gasteiger partial charge in [0.1, 0.15) is 6.04 Å². The third-order valence-corrected chi connectivity index (χ3v) is 4.78. The van der Waals surface area contributed by atoms with Gasteiger partial charge in [-0.05, 0) is 34.0 Å². The Bertz CT molecular complexity index is 667. The van der Waals surface area contributed by atoms with Crippen LogP contribution in [0, 0.1) is 0 Å². The molecule has 1 aliphatic heterocycles. The number of aromatic nitrogens is 3. The van der Waals surface area contributed by atoms with E-state index in [1.807, 2.05) is 30.3 Å². The van der Waals surface area contributed by atoms with Crippen molar-refractivity contribution in [1.82, 2.24) is 24.6 Å². The maximum absolute atomic E-state index is 12.8. The van der Waals surface area contributed by atoms with E-state index in [9.17, 15) is 4.79 Å². The summed E-state index contributed by atoms with van der Waals surface area (Å²) in [5.41, 5.74) is 1.21. The summed E-state index contributed by atoms with van der Waals surface area (Å²) in [6, 6.07) is 3.83. The summed E-state index contributed by atoms with van der Waals surface area (Å²) >= 11 is 3.39. The maximum Gasteiger partial charge on any atom is 0.247 e. The van der Waals surface area contributed by atoms with Crippen LogP contribution in [0.4, 0.5) is 0 Å². The number of hydrogen-bond donors (Lipinski definition) is 0. The van der Waals surface area contributed by atoms with Crippen molar-refractivity contribution in [3.05, 3.63) is 47.0 Å². The van der Waals surface area contributed by atoms with Crippen molar-refractivity contribution < 1.29 is 4.79 Å². The number of piperazine rings is 1. The highest BCUT2D eigenvalue weighted by atomic mass is 79.9. The lowest BCUT2D eigenvalue weighted by atomic mass is 10.1. The molecule has 0 N–H and O–H groups in total. The van der Waals surface area contributed by atoms with Gasteiger partial charge in [-0.2, -0.15) is 5.10 Å². The zero-order chi connectivity index (χ0) is 16.9. The Morgan fingerprint density at radius 2 is 2.08 bits per heavy atom. The predicted molar refractivity (Wildman–Crippen MR) is 95.3 cm³/mol. The third kappa shape index (κ3) is 4.02. The average Bonchev–Trinajstić information content (AvgIpc) is 3.03. The molecule has 3 rings (SSSR count). The van der Waals surface area contributed by atoms with Crippen LogP contribution in [0.15, 0.2) is 41.4 Å². The molecule has 0 aliphatic carbocycles. The highest BCUT2D eigenvalue weighted by Crippen LogP contribution is 2.19. The minimum absolute atomic E-state index is 0.161. The van der Waals surface area contributed by atoms with E-state index in [-0.39, 0.29) is 11.9 Å². The first-order chi connectivity index (χ1) is 11.7. The fourth-order valence-corrected chi connectivity index (χ4v) is 3.35. The van der Waals surface area contributed by atoms with Crippen LogP contribution in [0.1, 0.15) is 24.9 Å². The van der Waals surface area contributed by atoms with E-state index in [4.69, 9.17) is 0 Å². The normalized spacial score (nSPS) is 17.0. The lowest BCUT2D eigenvalue weighted by Crippen LogP contribution is -2.50. The zero-order valence-corrected chi connectivity index (χ0v) is 15.4. The predicted octanol–water partition coefficient (Wildman–Crippen LogP) is 2.34. The van der Waals surface area contributed by atoms with Crippen LogP contribution >= 0.6 is 15.9 Å². The molecule has 1 unspecified atom stereocenters. The van der Waals surface area contributed by atoms with Crippen molar-refractivity contribution >= 4 is 21.8 Å².